The van der Waals surface area contributed by atoms with Crippen molar-refractivity contribution in [3.63, 3.8) is 0 Å². The lowest BCUT2D eigenvalue weighted by molar-refractivity contribution is -0.137. The minimum Gasteiger partial charge on any atom is -0.481 e. The third-order valence-electron chi connectivity index (χ3n) is 3.76. The van der Waals surface area contributed by atoms with Crippen molar-refractivity contribution in [2.45, 2.75) is 25.7 Å². The third kappa shape index (κ3) is 3.73. The van der Waals surface area contributed by atoms with Gasteiger partial charge >= 0.3 is 11.9 Å². The van der Waals surface area contributed by atoms with E-state index in [1.54, 1.807) is 24.3 Å². The Bertz CT molecular complexity index is 656. The van der Waals surface area contributed by atoms with Crippen molar-refractivity contribution in [2.75, 3.05) is 0 Å². The Labute approximate surface area is 129 Å². The average Bonchev–Trinajstić information content (AvgIpc) is 2.52. The van der Waals surface area contributed by atoms with Crippen LogP contribution in [0.5, 0.6) is 0 Å². The maximum atomic E-state index is 10.9. The molecular formula is C18H18O4. The Hall–Kier alpha value is -2.62. The number of hydrogen-bond acceptors (Lipinski definition) is 2. The first-order valence-corrected chi connectivity index (χ1v) is 7.16. The van der Waals surface area contributed by atoms with Gasteiger partial charge in [-0.05, 0) is 41.2 Å². The van der Waals surface area contributed by atoms with Gasteiger partial charge in [0.25, 0.3) is 0 Å². The van der Waals surface area contributed by atoms with Crippen molar-refractivity contribution in [1.82, 2.24) is 0 Å². The molecule has 0 radical (unpaired) electrons. The Morgan fingerprint density at radius 3 is 1.82 bits per heavy atom. The molecule has 0 aliphatic rings. The van der Waals surface area contributed by atoms with Crippen molar-refractivity contribution in [1.29, 1.82) is 0 Å². The smallest absolute Gasteiger partial charge is 0.335 e. The van der Waals surface area contributed by atoms with E-state index in [4.69, 9.17) is 10.2 Å². The van der Waals surface area contributed by atoms with E-state index in [0.29, 0.717) is 0 Å². The van der Waals surface area contributed by atoms with Gasteiger partial charge in [0.05, 0.1) is 12.0 Å². The highest BCUT2D eigenvalue weighted by molar-refractivity contribution is 5.88. The van der Waals surface area contributed by atoms with Gasteiger partial charge in [-0.2, -0.15) is 0 Å². The molecule has 2 N–H and O–H groups in total. The molecule has 0 saturated carbocycles. The first kappa shape index (κ1) is 15.8. The van der Waals surface area contributed by atoms with E-state index in [2.05, 4.69) is 0 Å². The summed E-state index contributed by atoms with van der Waals surface area (Å²) in [6.07, 6.45) is 0.905. The molecule has 0 amide bonds. The van der Waals surface area contributed by atoms with Gasteiger partial charge in [0.2, 0.25) is 0 Å². The molecule has 0 aliphatic carbocycles. The predicted octanol–water partition coefficient (Wildman–Crippen LogP) is 4.02. The molecule has 0 aliphatic heterocycles. The Balaban J connectivity index is 2.20. The number of benzene rings is 2. The zero-order valence-electron chi connectivity index (χ0n) is 12.3. The fourth-order valence-electron chi connectivity index (χ4n) is 2.46. The topological polar surface area (TPSA) is 74.6 Å². The van der Waals surface area contributed by atoms with Gasteiger partial charge in [-0.25, -0.2) is 4.79 Å². The molecule has 0 bridgehead atoms. The van der Waals surface area contributed by atoms with Crippen molar-refractivity contribution < 1.29 is 19.8 Å². The number of aliphatic carboxylic acids is 1. The largest absolute Gasteiger partial charge is 0.481 e. The molecule has 0 aromatic heterocycles. The van der Waals surface area contributed by atoms with Gasteiger partial charge in [0, 0.05) is 0 Å². The molecule has 2 rings (SSSR count). The van der Waals surface area contributed by atoms with E-state index >= 15 is 0 Å². The standard InChI is InChI=1S/C18H18O4/c1-2-12(11-17(19)20)13-3-5-14(6-4-13)15-7-9-16(10-8-15)18(21)22/h3-10,12H,2,11H2,1H3,(H,19,20)(H,21,22). The van der Waals surface area contributed by atoms with Crippen LogP contribution < -0.4 is 0 Å². The van der Waals surface area contributed by atoms with E-state index < -0.39 is 11.9 Å². The number of carboxylic acids is 2. The van der Waals surface area contributed by atoms with E-state index in [9.17, 15) is 9.59 Å². The lowest BCUT2D eigenvalue weighted by Gasteiger charge is -2.13. The zero-order chi connectivity index (χ0) is 16.1. The predicted molar refractivity (Wildman–Crippen MR) is 84.1 cm³/mol. The van der Waals surface area contributed by atoms with Gasteiger partial charge in [-0.3, -0.25) is 4.79 Å². The second kappa shape index (κ2) is 6.89. The van der Waals surface area contributed by atoms with Crippen LogP contribution in [0, 0.1) is 0 Å². The lowest BCUT2D eigenvalue weighted by atomic mass is 9.91. The highest BCUT2D eigenvalue weighted by Crippen LogP contribution is 2.27. The number of rotatable bonds is 6. The molecule has 4 nitrogen and oxygen atoms in total. The molecule has 0 heterocycles. The molecule has 2 aromatic carbocycles. The van der Waals surface area contributed by atoms with E-state index in [-0.39, 0.29) is 17.9 Å². The Morgan fingerprint density at radius 2 is 1.41 bits per heavy atom. The summed E-state index contributed by atoms with van der Waals surface area (Å²) >= 11 is 0. The summed E-state index contributed by atoms with van der Waals surface area (Å²) in [5.74, 6) is -1.72. The number of carbonyl (C=O) groups is 2. The van der Waals surface area contributed by atoms with Crippen molar-refractivity contribution in [3.8, 4) is 11.1 Å². The second-order valence-corrected chi connectivity index (χ2v) is 5.21. The maximum absolute atomic E-state index is 10.9. The second-order valence-electron chi connectivity index (χ2n) is 5.21. The molecule has 0 fully saturated rings. The van der Waals surface area contributed by atoms with Gasteiger partial charge in [-0.1, -0.05) is 43.3 Å². The summed E-state index contributed by atoms with van der Waals surface area (Å²) in [7, 11) is 0. The number of hydrogen-bond donors (Lipinski definition) is 2. The highest BCUT2D eigenvalue weighted by atomic mass is 16.4. The molecule has 0 saturated heterocycles. The molecule has 0 spiro atoms. The summed E-state index contributed by atoms with van der Waals surface area (Å²) in [4.78, 5) is 21.7. The summed E-state index contributed by atoms with van der Waals surface area (Å²) < 4.78 is 0. The zero-order valence-corrected chi connectivity index (χ0v) is 12.3. The molecule has 1 atom stereocenters. The first-order chi connectivity index (χ1) is 10.5. The van der Waals surface area contributed by atoms with Crippen LogP contribution in [0.15, 0.2) is 48.5 Å². The fourth-order valence-corrected chi connectivity index (χ4v) is 2.46. The van der Waals surface area contributed by atoms with Gasteiger partial charge in [0.1, 0.15) is 0 Å². The number of carboxylic acid groups (broad SMARTS) is 2. The Morgan fingerprint density at radius 1 is 0.909 bits per heavy atom. The van der Waals surface area contributed by atoms with Crippen molar-refractivity contribution in [2.24, 2.45) is 0 Å². The molecule has 4 heteroatoms. The van der Waals surface area contributed by atoms with E-state index in [1.165, 1.54) is 0 Å². The van der Waals surface area contributed by atoms with Gasteiger partial charge in [-0.15, -0.1) is 0 Å². The van der Waals surface area contributed by atoms with Crippen LogP contribution in [0.2, 0.25) is 0 Å². The summed E-state index contributed by atoms with van der Waals surface area (Å²) in [6, 6.07) is 14.5. The molecule has 1 unspecified atom stereocenters. The van der Waals surface area contributed by atoms with E-state index in [0.717, 1.165) is 23.1 Å². The van der Waals surface area contributed by atoms with Gasteiger partial charge in [0.15, 0.2) is 0 Å². The minimum atomic E-state index is -0.943. The summed E-state index contributed by atoms with van der Waals surface area (Å²) in [5, 5.41) is 17.8. The van der Waals surface area contributed by atoms with Crippen LogP contribution in [-0.4, -0.2) is 22.2 Å². The SMILES string of the molecule is CCC(CC(=O)O)c1ccc(-c2ccc(C(=O)O)cc2)cc1. The minimum absolute atomic E-state index is 0.0148. The molecular weight excluding hydrogens is 280 g/mol. The van der Waals surface area contributed by atoms with Crippen LogP contribution in [0.25, 0.3) is 11.1 Å². The van der Waals surface area contributed by atoms with Crippen molar-refractivity contribution >= 4 is 11.9 Å². The summed E-state index contributed by atoms with van der Waals surface area (Å²) in [6.45, 7) is 1.98. The van der Waals surface area contributed by atoms with Crippen LogP contribution >= 0.6 is 0 Å². The first-order valence-electron chi connectivity index (χ1n) is 7.16. The van der Waals surface area contributed by atoms with Gasteiger partial charge < -0.3 is 10.2 Å². The fraction of sp³-hybridized carbons (Fsp3) is 0.222. The van der Waals surface area contributed by atoms with Crippen molar-refractivity contribution in [3.05, 3.63) is 59.7 Å². The van der Waals surface area contributed by atoms with Crippen LogP contribution in [0.3, 0.4) is 0 Å². The quantitative estimate of drug-likeness (QED) is 0.844. The van der Waals surface area contributed by atoms with E-state index in [1.807, 2.05) is 31.2 Å². The lowest BCUT2D eigenvalue weighted by Crippen LogP contribution is -2.05. The normalized spacial score (nSPS) is 11.9. The van der Waals surface area contributed by atoms with Crippen LogP contribution in [0.1, 0.15) is 41.6 Å². The monoisotopic (exact) mass is 298 g/mol. The van der Waals surface area contributed by atoms with Crippen LogP contribution in [-0.2, 0) is 4.79 Å². The molecule has 2 aromatic rings. The highest BCUT2D eigenvalue weighted by Gasteiger charge is 2.13. The molecule has 22 heavy (non-hydrogen) atoms. The molecule has 114 valence electrons. The Kier molecular flexibility index (Phi) is 4.94. The summed E-state index contributed by atoms with van der Waals surface area (Å²) in [5.41, 5.74) is 3.18. The number of aromatic carboxylic acids is 1. The maximum Gasteiger partial charge on any atom is 0.335 e. The van der Waals surface area contributed by atoms with Crippen LogP contribution in [0.4, 0.5) is 0 Å². The third-order valence-corrected chi connectivity index (χ3v) is 3.76. The average molecular weight is 298 g/mol.